The van der Waals surface area contributed by atoms with E-state index in [0.29, 0.717) is 39.9 Å². The Morgan fingerprint density at radius 3 is 2.71 bits per heavy atom. The molecule has 28 heavy (non-hydrogen) atoms. The first-order chi connectivity index (χ1) is 13.5. The van der Waals surface area contributed by atoms with Crippen molar-refractivity contribution >= 4 is 34.6 Å². The number of hydrogen-bond acceptors (Lipinski definition) is 7. The van der Waals surface area contributed by atoms with Crippen LogP contribution in [-0.2, 0) is 13.0 Å². The molecule has 1 amide bonds. The minimum Gasteiger partial charge on any atom is -0.497 e. The Bertz CT molecular complexity index is 1030. The van der Waals surface area contributed by atoms with Crippen LogP contribution in [-0.4, -0.2) is 39.9 Å². The first-order valence-electron chi connectivity index (χ1n) is 8.28. The number of rotatable bonds is 8. The maximum Gasteiger partial charge on any atom is 0.257 e. The van der Waals surface area contributed by atoms with Crippen LogP contribution in [0.5, 0.6) is 11.5 Å². The van der Waals surface area contributed by atoms with Crippen molar-refractivity contribution in [2.45, 2.75) is 13.0 Å². The third kappa shape index (κ3) is 4.46. The van der Waals surface area contributed by atoms with Crippen LogP contribution in [0, 0.1) is 4.77 Å². The second kappa shape index (κ2) is 8.81. The highest BCUT2D eigenvalue weighted by atomic mass is 32.1. The Balaban J connectivity index is 1.74. The van der Waals surface area contributed by atoms with Gasteiger partial charge in [-0.05, 0) is 24.4 Å². The van der Waals surface area contributed by atoms with E-state index in [2.05, 4.69) is 27.1 Å². The summed E-state index contributed by atoms with van der Waals surface area (Å²) in [5.74, 6) is 1.53. The van der Waals surface area contributed by atoms with Crippen molar-refractivity contribution < 1.29 is 14.3 Å². The average molecular weight is 418 g/mol. The summed E-state index contributed by atoms with van der Waals surface area (Å²) in [6, 6.07) is 4.98. The Hall–Kier alpha value is -2.98. The minimum atomic E-state index is -0.299. The molecular weight excluding hydrogens is 398 g/mol. The monoisotopic (exact) mass is 417 g/mol. The molecule has 0 saturated carbocycles. The number of methoxy groups -OCH3 is 2. The topological polar surface area (TPSA) is 94.1 Å². The number of allylic oxidation sites excluding steroid dienone is 1. The van der Waals surface area contributed by atoms with Gasteiger partial charge in [0.05, 0.1) is 26.3 Å². The van der Waals surface area contributed by atoms with Gasteiger partial charge in [0, 0.05) is 23.6 Å². The van der Waals surface area contributed by atoms with Crippen molar-refractivity contribution in [3.63, 3.8) is 0 Å². The molecule has 146 valence electrons. The van der Waals surface area contributed by atoms with E-state index in [1.807, 2.05) is 9.95 Å². The molecule has 10 heteroatoms. The lowest BCUT2D eigenvalue weighted by molar-refractivity contribution is 0.102. The van der Waals surface area contributed by atoms with Gasteiger partial charge in [0.15, 0.2) is 9.90 Å². The Kier molecular flexibility index (Phi) is 6.22. The van der Waals surface area contributed by atoms with Gasteiger partial charge in [-0.3, -0.25) is 19.8 Å². The number of aromatic amines is 1. The molecular formula is C18H19N5O3S2. The Morgan fingerprint density at radius 1 is 1.36 bits per heavy atom. The number of carbonyl (C=O) groups is 1. The van der Waals surface area contributed by atoms with E-state index in [0.717, 1.165) is 11.5 Å². The molecule has 2 N–H and O–H groups in total. The van der Waals surface area contributed by atoms with E-state index >= 15 is 0 Å². The van der Waals surface area contributed by atoms with Crippen molar-refractivity contribution in [3.8, 4) is 11.5 Å². The van der Waals surface area contributed by atoms with Gasteiger partial charge in [0.25, 0.3) is 5.91 Å². The van der Waals surface area contributed by atoms with Gasteiger partial charge in [-0.2, -0.15) is 5.10 Å². The van der Waals surface area contributed by atoms with Crippen LogP contribution < -0.4 is 14.8 Å². The number of hydrogen-bond donors (Lipinski definition) is 2. The number of benzene rings is 1. The third-order valence-electron chi connectivity index (χ3n) is 3.87. The molecule has 1 aromatic carbocycles. The van der Waals surface area contributed by atoms with Crippen molar-refractivity contribution in [2.75, 3.05) is 19.5 Å². The van der Waals surface area contributed by atoms with Crippen molar-refractivity contribution in [3.05, 3.63) is 58.1 Å². The highest BCUT2D eigenvalue weighted by Crippen LogP contribution is 2.24. The normalized spacial score (nSPS) is 10.5. The number of nitrogens with one attached hydrogen (secondary N) is 2. The fourth-order valence-electron chi connectivity index (χ4n) is 2.52. The maximum atomic E-state index is 12.6. The molecule has 3 aromatic rings. The fraction of sp³-hybridized carbons (Fsp3) is 0.222. The average Bonchev–Trinajstić information content (AvgIpc) is 3.29. The molecule has 0 fully saturated rings. The fourth-order valence-corrected chi connectivity index (χ4v) is 3.45. The molecule has 0 aliphatic heterocycles. The highest BCUT2D eigenvalue weighted by molar-refractivity contribution is 7.71. The first-order valence-corrected chi connectivity index (χ1v) is 9.56. The van der Waals surface area contributed by atoms with Gasteiger partial charge in [-0.15, -0.1) is 17.9 Å². The molecule has 2 aromatic heterocycles. The lowest BCUT2D eigenvalue weighted by Crippen LogP contribution is -2.12. The summed E-state index contributed by atoms with van der Waals surface area (Å²) in [7, 11) is 3.07. The lowest BCUT2D eigenvalue weighted by Gasteiger charge is -2.08. The number of amides is 1. The van der Waals surface area contributed by atoms with Crippen LogP contribution in [0.3, 0.4) is 0 Å². The van der Waals surface area contributed by atoms with E-state index in [1.54, 1.807) is 24.3 Å². The summed E-state index contributed by atoms with van der Waals surface area (Å²) < 4.78 is 12.8. The van der Waals surface area contributed by atoms with Crippen molar-refractivity contribution in [1.29, 1.82) is 0 Å². The highest BCUT2D eigenvalue weighted by Gasteiger charge is 2.14. The summed E-state index contributed by atoms with van der Waals surface area (Å²) in [5, 5.41) is 12.2. The molecule has 0 unspecified atom stereocenters. The van der Waals surface area contributed by atoms with Crippen LogP contribution in [0.4, 0.5) is 5.13 Å². The number of anilines is 1. The summed E-state index contributed by atoms with van der Waals surface area (Å²) >= 11 is 6.55. The molecule has 0 spiro atoms. The zero-order valence-electron chi connectivity index (χ0n) is 15.4. The van der Waals surface area contributed by atoms with Gasteiger partial charge < -0.3 is 9.47 Å². The second-order valence-corrected chi connectivity index (χ2v) is 6.97. The molecule has 3 rings (SSSR count). The van der Waals surface area contributed by atoms with E-state index in [4.69, 9.17) is 21.7 Å². The molecule has 0 aliphatic carbocycles. The number of ether oxygens (including phenoxy) is 2. The first kappa shape index (κ1) is 19.8. The van der Waals surface area contributed by atoms with Gasteiger partial charge in [-0.1, -0.05) is 6.08 Å². The SMILES string of the molecule is C=CCn1c(Cc2csc(NC(=O)c3cc(OC)cc(OC)c3)n2)n[nH]c1=S. The largest absolute Gasteiger partial charge is 0.497 e. The van der Waals surface area contributed by atoms with Gasteiger partial charge >= 0.3 is 0 Å². The number of nitrogens with zero attached hydrogens (tertiary/aromatic N) is 3. The minimum absolute atomic E-state index is 0.299. The number of H-pyrrole nitrogens is 1. The zero-order chi connectivity index (χ0) is 20.1. The predicted molar refractivity (Wildman–Crippen MR) is 110 cm³/mol. The molecule has 0 aliphatic rings. The molecule has 2 heterocycles. The van der Waals surface area contributed by atoms with Crippen LogP contribution in [0.15, 0.2) is 36.2 Å². The molecule has 0 bridgehead atoms. The third-order valence-corrected chi connectivity index (χ3v) is 4.99. The number of carbonyl (C=O) groups excluding carboxylic acids is 1. The molecule has 0 radical (unpaired) electrons. The Morgan fingerprint density at radius 2 is 2.07 bits per heavy atom. The van der Waals surface area contributed by atoms with Gasteiger partial charge in [-0.25, -0.2) is 4.98 Å². The summed E-state index contributed by atoms with van der Waals surface area (Å²) in [6.45, 7) is 4.29. The van der Waals surface area contributed by atoms with Crippen molar-refractivity contribution in [2.24, 2.45) is 0 Å². The molecule has 0 saturated heterocycles. The van der Waals surface area contributed by atoms with Crippen LogP contribution in [0.2, 0.25) is 0 Å². The van der Waals surface area contributed by atoms with Gasteiger partial charge in [0.1, 0.15) is 17.3 Å². The molecule has 8 nitrogen and oxygen atoms in total. The number of thiazole rings is 1. The lowest BCUT2D eigenvalue weighted by atomic mass is 10.2. The standard InChI is InChI=1S/C18H19N5O3S2/c1-4-5-23-15(21-22-18(23)27)8-12-10-28-17(19-12)20-16(24)11-6-13(25-2)9-14(7-11)26-3/h4,6-7,9-10H,1,5,8H2,2-3H3,(H,22,27)(H,19,20,24). The van der Waals surface area contributed by atoms with E-state index in [9.17, 15) is 4.79 Å². The van der Waals surface area contributed by atoms with E-state index < -0.39 is 0 Å². The quantitative estimate of drug-likeness (QED) is 0.431. The van der Waals surface area contributed by atoms with E-state index in [-0.39, 0.29) is 5.91 Å². The van der Waals surface area contributed by atoms with Crippen molar-refractivity contribution in [1.82, 2.24) is 19.7 Å². The number of aromatic nitrogens is 4. The van der Waals surface area contributed by atoms with Crippen LogP contribution >= 0.6 is 23.6 Å². The Labute approximate surface area is 170 Å². The van der Waals surface area contributed by atoms with Gasteiger partial charge in [0.2, 0.25) is 0 Å². The van der Waals surface area contributed by atoms with Crippen LogP contribution in [0.1, 0.15) is 21.9 Å². The predicted octanol–water partition coefficient (Wildman–Crippen LogP) is 3.44. The molecule has 0 atom stereocenters. The second-order valence-electron chi connectivity index (χ2n) is 5.72. The van der Waals surface area contributed by atoms with E-state index in [1.165, 1.54) is 25.6 Å². The maximum absolute atomic E-state index is 12.6. The smallest absolute Gasteiger partial charge is 0.257 e. The summed E-state index contributed by atoms with van der Waals surface area (Å²) in [5.41, 5.74) is 1.20. The van der Waals surface area contributed by atoms with Crippen LogP contribution in [0.25, 0.3) is 0 Å². The summed E-state index contributed by atoms with van der Waals surface area (Å²) in [6.07, 6.45) is 2.24. The zero-order valence-corrected chi connectivity index (χ0v) is 17.0. The summed E-state index contributed by atoms with van der Waals surface area (Å²) in [4.78, 5) is 17.0.